The van der Waals surface area contributed by atoms with E-state index in [2.05, 4.69) is 10.2 Å². The minimum absolute atomic E-state index is 0.186. The van der Waals surface area contributed by atoms with Gasteiger partial charge in [0.15, 0.2) is 0 Å². The Labute approximate surface area is 122 Å². The number of hydrogen-bond donors (Lipinski definition) is 1. The van der Waals surface area contributed by atoms with Crippen LogP contribution in [-0.4, -0.2) is 42.8 Å². The molecule has 114 valence electrons. The second kappa shape index (κ2) is 6.79. The summed E-state index contributed by atoms with van der Waals surface area (Å²) in [6.07, 6.45) is 11.0. The molecule has 1 heterocycles. The van der Waals surface area contributed by atoms with Crippen molar-refractivity contribution in [2.75, 3.05) is 19.8 Å². The lowest BCUT2D eigenvalue weighted by molar-refractivity contribution is 0.160. The van der Waals surface area contributed by atoms with Crippen LogP contribution in [-0.2, 0) is 4.74 Å². The predicted octanol–water partition coefficient (Wildman–Crippen LogP) is 2.92. The van der Waals surface area contributed by atoms with Crippen molar-refractivity contribution in [1.29, 1.82) is 0 Å². The van der Waals surface area contributed by atoms with Gasteiger partial charge in [0.25, 0.3) is 0 Å². The van der Waals surface area contributed by atoms with Gasteiger partial charge in [-0.3, -0.25) is 0 Å². The minimum atomic E-state index is 0.186. The zero-order valence-corrected chi connectivity index (χ0v) is 12.5. The fourth-order valence-corrected chi connectivity index (χ4v) is 3.47. The number of urea groups is 1. The first-order valence-electron chi connectivity index (χ1n) is 8.48. The van der Waals surface area contributed by atoms with Crippen LogP contribution in [0.25, 0.3) is 0 Å². The van der Waals surface area contributed by atoms with Gasteiger partial charge >= 0.3 is 6.03 Å². The minimum Gasteiger partial charge on any atom is -0.381 e. The zero-order chi connectivity index (χ0) is 13.8. The largest absolute Gasteiger partial charge is 0.381 e. The van der Waals surface area contributed by atoms with Crippen LogP contribution in [0.1, 0.15) is 57.8 Å². The van der Waals surface area contributed by atoms with Crippen LogP contribution in [0, 0.1) is 5.92 Å². The van der Waals surface area contributed by atoms with E-state index in [9.17, 15) is 4.79 Å². The maximum Gasteiger partial charge on any atom is 0.317 e. The predicted molar refractivity (Wildman–Crippen MR) is 78.7 cm³/mol. The summed E-state index contributed by atoms with van der Waals surface area (Å²) in [5, 5.41) is 3.30. The van der Waals surface area contributed by atoms with Crippen molar-refractivity contribution in [2.45, 2.75) is 69.9 Å². The van der Waals surface area contributed by atoms with E-state index in [4.69, 9.17) is 4.74 Å². The van der Waals surface area contributed by atoms with E-state index in [1.165, 1.54) is 38.5 Å². The van der Waals surface area contributed by atoms with Crippen molar-refractivity contribution in [2.24, 2.45) is 5.92 Å². The molecule has 1 atom stereocenters. The molecule has 4 heteroatoms. The van der Waals surface area contributed by atoms with E-state index in [1.54, 1.807) is 0 Å². The quantitative estimate of drug-likeness (QED) is 0.805. The summed E-state index contributed by atoms with van der Waals surface area (Å²) >= 11 is 0. The fourth-order valence-electron chi connectivity index (χ4n) is 3.47. The van der Waals surface area contributed by atoms with Gasteiger partial charge in [-0.1, -0.05) is 25.7 Å². The van der Waals surface area contributed by atoms with Gasteiger partial charge in [-0.15, -0.1) is 0 Å². The number of ether oxygens (including phenoxy) is 1. The second-order valence-electron chi connectivity index (χ2n) is 6.75. The summed E-state index contributed by atoms with van der Waals surface area (Å²) in [4.78, 5) is 14.7. The molecule has 2 saturated carbocycles. The Kier molecular flexibility index (Phi) is 4.81. The number of amides is 2. The highest BCUT2D eigenvalue weighted by Crippen LogP contribution is 2.29. The molecule has 4 nitrogen and oxygen atoms in total. The van der Waals surface area contributed by atoms with Crippen LogP contribution >= 0.6 is 0 Å². The van der Waals surface area contributed by atoms with Crippen LogP contribution in [0.5, 0.6) is 0 Å². The topological polar surface area (TPSA) is 41.6 Å². The molecule has 1 aliphatic heterocycles. The summed E-state index contributed by atoms with van der Waals surface area (Å²) in [7, 11) is 0. The van der Waals surface area contributed by atoms with Crippen molar-refractivity contribution >= 4 is 6.03 Å². The normalized spacial score (nSPS) is 28.1. The van der Waals surface area contributed by atoms with E-state index >= 15 is 0 Å². The third-order valence-electron chi connectivity index (χ3n) is 4.91. The lowest BCUT2D eigenvalue weighted by atomic mass is 10.1. The Bertz CT molecular complexity index is 316. The van der Waals surface area contributed by atoms with Crippen LogP contribution in [0.2, 0.25) is 0 Å². The summed E-state index contributed by atoms with van der Waals surface area (Å²) in [6, 6.07) is 1.10. The molecular formula is C16H28N2O2. The van der Waals surface area contributed by atoms with Gasteiger partial charge in [0, 0.05) is 31.2 Å². The molecule has 3 rings (SSSR count). The average Bonchev–Trinajstić information content (AvgIpc) is 3.21. The Morgan fingerprint density at radius 1 is 1.05 bits per heavy atom. The molecule has 0 unspecified atom stereocenters. The summed E-state index contributed by atoms with van der Waals surface area (Å²) in [5.41, 5.74) is 0. The Balaban J connectivity index is 1.51. The first kappa shape index (κ1) is 14.2. The van der Waals surface area contributed by atoms with Gasteiger partial charge in [0.05, 0.1) is 6.61 Å². The monoisotopic (exact) mass is 280 g/mol. The lowest BCUT2D eigenvalue weighted by Crippen LogP contribution is -2.47. The molecule has 20 heavy (non-hydrogen) atoms. The average molecular weight is 280 g/mol. The van der Waals surface area contributed by atoms with E-state index < -0.39 is 0 Å². The molecule has 0 spiro atoms. The SMILES string of the molecule is O=C(NC1CCCCCC1)N(C[C@@H]1CCOC1)C1CC1. The van der Waals surface area contributed by atoms with Crippen molar-refractivity contribution in [1.82, 2.24) is 10.2 Å². The zero-order valence-electron chi connectivity index (χ0n) is 12.5. The molecule has 2 aliphatic carbocycles. The standard InChI is InChI=1S/C16H28N2O2/c19-16(17-14-5-3-1-2-4-6-14)18(15-7-8-15)11-13-9-10-20-12-13/h13-15H,1-12H2,(H,17,19)/t13-/m0/s1. The molecule has 1 saturated heterocycles. The van der Waals surface area contributed by atoms with Crippen LogP contribution in [0.4, 0.5) is 4.79 Å². The van der Waals surface area contributed by atoms with E-state index in [0.29, 0.717) is 18.0 Å². The summed E-state index contributed by atoms with van der Waals surface area (Å²) < 4.78 is 5.45. The van der Waals surface area contributed by atoms with E-state index in [1.807, 2.05) is 0 Å². The highest BCUT2D eigenvalue weighted by Gasteiger charge is 2.35. The molecule has 0 bridgehead atoms. The van der Waals surface area contributed by atoms with Crippen LogP contribution in [0.15, 0.2) is 0 Å². The molecule has 3 fully saturated rings. The maximum absolute atomic E-state index is 12.6. The van der Waals surface area contributed by atoms with Gasteiger partial charge < -0.3 is 15.0 Å². The Morgan fingerprint density at radius 3 is 2.40 bits per heavy atom. The molecule has 0 radical (unpaired) electrons. The number of nitrogens with zero attached hydrogens (tertiary/aromatic N) is 1. The number of nitrogens with one attached hydrogen (secondary N) is 1. The highest BCUT2D eigenvalue weighted by atomic mass is 16.5. The van der Waals surface area contributed by atoms with E-state index in [0.717, 1.165) is 39.0 Å². The molecule has 0 aromatic carbocycles. The Morgan fingerprint density at radius 2 is 1.80 bits per heavy atom. The van der Waals surface area contributed by atoms with Gasteiger partial charge in [-0.05, 0) is 32.1 Å². The number of carbonyl (C=O) groups excluding carboxylic acids is 1. The maximum atomic E-state index is 12.6. The van der Waals surface area contributed by atoms with Gasteiger partial charge in [0.2, 0.25) is 0 Å². The summed E-state index contributed by atoms with van der Waals surface area (Å²) in [5.74, 6) is 0.551. The van der Waals surface area contributed by atoms with Crippen LogP contribution < -0.4 is 5.32 Å². The van der Waals surface area contributed by atoms with Crippen molar-refractivity contribution < 1.29 is 9.53 Å². The van der Waals surface area contributed by atoms with E-state index in [-0.39, 0.29) is 6.03 Å². The first-order valence-corrected chi connectivity index (χ1v) is 8.48. The lowest BCUT2D eigenvalue weighted by Gasteiger charge is -2.28. The molecule has 2 amide bonds. The van der Waals surface area contributed by atoms with Crippen molar-refractivity contribution in [3.63, 3.8) is 0 Å². The second-order valence-corrected chi connectivity index (χ2v) is 6.75. The smallest absolute Gasteiger partial charge is 0.317 e. The van der Waals surface area contributed by atoms with Crippen molar-refractivity contribution in [3.8, 4) is 0 Å². The molecular weight excluding hydrogens is 252 g/mol. The molecule has 1 N–H and O–H groups in total. The van der Waals surface area contributed by atoms with Crippen molar-refractivity contribution in [3.05, 3.63) is 0 Å². The third-order valence-corrected chi connectivity index (χ3v) is 4.91. The summed E-state index contributed by atoms with van der Waals surface area (Å²) in [6.45, 7) is 2.59. The van der Waals surface area contributed by atoms with Crippen LogP contribution in [0.3, 0.4) is 0 Å². The van der Waals surface area contributed by atoms with Gasteiger partial charge in [-0.25, -0.2) is 4.79 Å². The Hall–Kier alpha value is -0.770. The van der Waals surface area contributed by atoms with Gasteiger partial charge in [-0.2, -0.15) is 0 Å². The molecule has 0 aromatic heterocycles. The fraction of sp³-hybridized carbons (Fsp3) is 0.938. The number of carbonyl (C=O) groups is 1. The molecule has 0 aromatic rings. The van der Waals surface area contributed by atoms with Gasteiger partial charge in [0.1, 0.15) is 0 Å². The number of rotatable bonds is 4. The highest BCUT2D eigenvalue weighted by molar-refractivity contribution is 5.75. The first-order chi connectivity index (χ1) is 9.83. The number of hydrogen-bond acceptors (Lipinski definition) is 2. The third kappa shape index (κ3) is 3.87. The molecule has 3 aliphatic rings.